The Labute approximate surface area is 156 Å². The lowest BCUT2D eigenvalue weighted by atomic mass is 9.98. The van der Waals surface area contributed by atoms with E-state index < -0.39 is 0 Å². The number of carbonyl (C=O) groups excluding carboxylic acids is 2. The molecule has 0 aliphatic heterocycles. The van der Waals surface area contributed by atoms with Gasteiger partial charge in [-0.05, 0) is 24.6 Å². The molecule has 0 spiro atoms. The Hall–Kier alpha value is -3.47. The van der Waals surface area contributed by atoms with Crippen molar-refractivity contribution in [3.05, 3.63) is 77.7 Å². The molecule has 2 heterocycles. The summed E-state index contributed by atoms with van der Waals surface area (Å²) in [6.45, 7) is 5.01. The van der Waals surface area contributed by atoms with E-state index in [0.29, 0.717) is 22.5 Å². The van der Waals surface area contributed by atoms with Crippen molar-refractivity contribution in [2.45, 2.75) is 20.8 Å². The predicted molar refractivity (Wildman–Crippen MR) is 103 cm³/mol. The average molecular weight is 358 g/mol. The normalized spacial score (nSPS) is 11.1. The predicted octanol–water partition coefficient (Wildman–Crippen LogP) is 3.92. The van der Waals surface area contributed by atoms with Gasteiger partial charge in [-0.15, -0.1) is 4.68 Å². The molecule has 0 aliphatic rings. The first-order valence-corrected chi connectivity index (χ1v) is 8.82. The molecule has 2 aromatic carbocycles. The number of aromatic nitrogens is 3. The van der Waals surface area contributed by atoms with Gasteiger partial charge in [0.2, 0.25) is 5.65 Å². The Morgan fingerprint density at radius 2 is 1.48 bits per heavy atom. The van der Waals surface area contributed by atoms with Crippen molar-refractivity contribution in [3.63, 3.8) is 0 Å². The molecule has 2 aromatic heterocycles. The van der Waals surface area contributed by atoms with Crippen LogP contribution in [0, 0.1) is 6.92 Å². The van der Waals surface area contributed by atoms with Gasteiger partial charge >= 0.3 is 0 Å². The van der Waals surface area contributed by atoms with Crippen LogP contribution in [0.4, 0.5) is 0 Å². The molecule has 0 saturated heterocycles. The number of carbonyl (C=O) groups is 2. The summed E-state index contributed by atoms with van der Waals surface area (Å²) in [7, 11) is 0. The molecule has 4 aromatic rings. The average Bonchev–Trinajstić information content (AvgIpc) is 3.18. The summed E-state index contributed by atoms with van der Waals surface area (Å²) in [6, 6.07) is 19.4. The van der Waals surface area contributed by atoms with Crippen molar-refractivity contribution in [1.29, 1.82) is 0 Å². The van der Waals surface area contributed by atoms with Gasteiger partial charge in [0.15, 0.2) is 22.9 Å². The van der Waals surface area contributed by atoms with Crippen LogP contribution in [0.5, 0.6) is 0 Å². The van der Waals surface area contributed by atoms with Crippen LogP contribution in [0.1, 0.15) is 40.5 Å². The van der Waals surface area contributed by atoms with Gasteiger partial charge in [-0.1, -0.05) is 48.5 Å². The van der Waals surface area contributed by atoms with E-state index in [1.807, 2.05) is 76.7 Å². The number of rotatable bonds is 4. The molecule has 0 radical (unpaired) electrons. The van der Waals surface area contributed by atoms with Crippen molar-refractivity contribution in [2.75, 3.05) is 0 Å². The third-order valence-corrected chi connectivity index (χ3v) is 4.80. The molecule has 5 heteroatoms. The van der Waals surface area contributed by atoms with Gasteiger partial charge in [0.1, 0.15) is 0 Å². The summed E-state index contributed by atoms with van der Waals surface area (Å²) in [6.07, 6.45) is 0. The first kappa shape index (κ1) is 17.0. The summed E-state index contributed by atoms with van der Waals surface area (Å²) in [5, 5.41) is 3.32. The molecule has 0 amide bonds. The highest BCUT2D eigenvalue weighted by molar-refractivity contribution is 6.13. The molecular formula is C22H20N3O2+. The molecule has 27 heavy (non-hydrogen) atoms. The second kappa shape index (κ2) is 6.36. The zero-order valence-electron chi connectivity index (χ0n) is 15.5. The first-order valence-electron chi connectivity index (χ1n) is 8.82. The monoisotopic (exact) mass is 358 g/mol. The second-order valence-electron chi connectivity index (χ2n) is 6.59. The highest BCUT2D eigenvalue weighted by Crippen LogP contribution is 2.34. The summed E-state index contributed by atoms with van der Waals surface area (Å²) in [5.41, 5.74) is 4.16. The van der Waals surface area contributed by atoms with E-state index in [4.69, 9.17) is 0 Å². The van der Waals surface area contributed by atoms with Crippen LogP contribution in [0.2, 0.25) is 0 Å². The largest absolute Gasteiger partial charge is 0.294 e. The van der Waals surface area contributed by atoms with Gasteiger partial charge in [-0.25, -0.2) is 0 Å². The van der Waals surface area contributed by atoms with Crippen LogP contribution in [0.15, 0.2) is 60.7 Å². The van der Waals surface area contributed by atoms with Gasteiger partial charge < -0.3 is 0 Å². The number of nitrogens with zero attached hydrogens (tertiary/aromatic N) is 2. The topological polar surface area (TPSA) is 58.2 Å². The lowest BCUT2D eigenvalue weighted by molar-refractivity contribution is -0.662. The number of aryl methyl sites for hydroxylation is 1. The number of ketones is 2. The van der Waals surface area contributed by atoms with Gasteiger partial charge in [-0.3, -0.25) is 9.59 Å². The number of Topliss-reactive ketones (excluding diaryl/α,β-unsaturated/α-hetero) is 2. The third-order valence-electron chi connectivity index (χ3n) is 4.80. The first-order chi connectivity index (χ1) is 13.0. The molecule has 0 saturated carbocycles. The highest BCUT2D eigenvalue weighted by Gasteiger charge is 2.34. The number of nitrogens with one attached hydrogen (secondary N) is 1. The Morgan fingerprint density at radius 1 is 0.889 bits per heavy atom. The SMILES string of the molecule is CC(=O)c1c(-c2ccccc2)c(C(C)=O)n2c(C)[n+](-c3ccccc3)[nH]c12. The van der Waals surface area contributed by atoms with E-state index in [1.165, 1.54) is 13.8 Å². The molecule has 5 nitrogen and oxygen atoms in total. The molecule has 0 atom stereocenters. The fraction of sp³-hybridized carbons (Fsp3) is 0.136. The minimum atomic E-state index is -0.0846. The van der Waals surface area contributed by atoms with E-state index in [9.17, 15) is 9.59 Å². The minimum Gasteiger partial charge on any atom is -0.294 e. The van der Waals surface area contributed by atoms with Gasteiger partial charge in [-0.2, -0.15) is 9.50 Å². The zero-order chi connectivity index (χ0) is 19.1. The molecule has 0 bridgehead atoms. The van der Waals surface area contributed by atoms with Gasteiger partial charge in [0.05, 0.1) is 5.56 Å². The Bertz CT molecular complexity index is 1170. The number of hydrogen-bond donors (Lipinski definition) is 1. The number of H-pyrrole nitrogens is 1. The Balaban J connectivity index is 2.14. The molecule has 0 aliphatic carbocycles. The van der Waals surface area contributed by atoms with E-state index in [2.05, 4.69) is 5.10 Å². The lowest BCUT2D eigenvalue weighted by Crippen LogP contribution is -2.36. The third kappa shape index (κ3) is 2.59. The molecule has 1 N–H and O–H groups in total. The van der Waals surface area contributed by atoms with E-state index in [0.717, 1.165) is 17.1 Å². The van der Waals surface area contributed by atoms with Crippen molar-refractivity contribution in [2.24, 2.45) is 0 Å². The number of hydrogen-bond acceptors (Lipinski definition) is 2. The lowest BCUT2D eigenvalue weighted by Gasteiger charge is -2.03. The number of para-hydroxylation sites is 1. The quantitative estimate of drug-likeness (QED) is 0.444. The van der Waals surface area contributed by atoms with Gasteiger partial charge in [0, 0.05) is 19.4 Å². The fourth-order valence-electron chi connectivity index (χ4n) is 3.68. The van der Waals surface area contributed by atoms with Crippen LogP contribution in [0.25, 0.3) is 22.5 Å². The van der Waals surface area contributed by atoms with E-state index in [-0.39, 0.29) is 11.6 Å². The van der Waals surface area contributed by atoms with Crippen LogP contribution >= 0.6 is 0 Å². The Kier molecular flexibility index (Phi) is 4.00. The van der Waals surface area contributed by atoms with Crippen molar-refractivity contribution >= 4 is 17.2 Å². The zero-order valence-corrected chi connectivity index (χ0v) is 15.5. The van der Waals surface area contributed by atoms with Crippen LogP contribution in [-0.2, 0) is 0 Å². The molecule has 0 fully saturated rings. The molecule has 0 unspecified atom stereocenters. The number of fused-ring (bicyclic) bond motifs is 1. The molecule has 4 rings (SSSR count). The number of benzene rings is 2. The molecule has 134 valence electrons. The summed E-state index contributed by atoms with van der Waals surface area (Å²) < 4.78 is 3.75. The second-order valence-corrected chi connectivity index (χ2v) is 6.59. The summed E-state index contributed by atoms with van der Waals surface area (Å²) in [5.74, 6) is 0.657. The number of aromatic amines is 1. The van der Waals surface area contributed by atoms with Crippen LogP contribution < -0.4 is 4.68 Å². The fourth-order valence-corrected chi connectivity index (χ4v) is 3.68. The minimum absolute atomic E-state index is 0.0830. The Morgan fingerprint density at radius 3 is 2.04 bits per heavy atom. The van der Waals surface area contributed by atoms with Crippen molar-refractivity contribution in [1.82, 2.24) is 9.50 Å². The van der Waals surface area contributed by atoms with Crippen LogP contribution in [0.3, 0.4) is 0 Å². The van der Waals surface area contributed by atoms with Crippen molar-refractivity contribution in [3.8, 4) is 16.8 Å². The summed E-state index contributed by atoms with van der Waals surface area (Å²) in [4.78, 5) is 25.2. The van der Waals surface area contributed by atoms with Gasteiger partial charge in [0.25, 0.3) is 5.82 Å². The van der Waals surface area contributed by atoms with Crippen LogP contribution in [-0.4, -0.2) is 21.1 Å². The standard InChI is InChI=1S/C22H19N3O2/c1-14(26)19-20(17-10-6-4-7-11-17)21(15(2)27)24-16(3)25(23-22(19)24)18-12-8-5-9-13-18/h4-13H,1-3H3/p+1. The van der Waals surface area contributed by atoms with Crippen molar-refractivity contribution < 1.29 is 14.3 Å². The van der Waals surface area contributed by atoms with E-state index in [1.54, 1.807) is 0 Å². The maximum atomic E-state index is 12.6. The van der Waals surface area contributed by atoms with E-state index >= 15 is 0 Å². The highest BCUT2D eigenvalue weighted by atomic mass is 16.1. The maximum absolute atomic E-state index is 12.6. The summed E-state index contributed by atoms with van der Waals surface area (Å²) >= 11 is 0. The smallest absolute Gasteiger partial charge is 0.284 e. The molecular weight excluding hydrogens is 338 g/mol. The maximum Gasteiger partial charge on any atom is 0.284 e.